The molecule has 224 valence electrons. The fraction of sp³-hybridized carbons (Fsp3) is 0.367. The summed E-state index contributed by atoms with van der Waals surface area (Å²) in [6, 6.07) is 13.6. The minimum absolute atomic E-state index is 0.0439. The van der Waals surface area contributed by atoms with Crippen molar-refractivity contribution in [3.05, 3.63) is 76.1 Å². The zero-order chi connectivity index (χ0) is 30.6. The summed E-state index contributed by atoms with van der Waals surface area (Å²) in [5.74, 6) is -1.20. The molecule has 0 aliphatic carbocycles. The van der Waals surface area contributed by atoms with Gasteiger partial charge in [-0.2, -0.15) is 0 Å². The second kappa shape index (κ2) is 15.2. The number of ether oxygens (including phenoxy) is 1. The summed E-state index contributed by atoms with van der Waals surface area (Å²) in [6.07, 6.45) is 0.187. The van der Waals surface area contributed by atoms with Crippen LogP contribution >= 0.6 is 0 Å². The lowest BCUT2D eigenvalue weighted by Crippen LogP contribution is -2.53. The van der Waals surface area contributed by atoms with Crippen LogP contribution in [0.3, 0.4) is 0 Å². The Kier molecular flexibility index (Phi) is 11.5. The lowest BCUT2D eigenvalue weighted by atomic mass is 10.0. The smallest absolute Gasteiger partial charge is 0.408 e. The molecule has 1 aromatic heterocycles. The number of amides is 3. The van der Waals surface area contributed by atoms with Crippen molar-refractivity contribution in [3.8, 4) is 0 Å². The fourth-order valence-electron chi connectivity index (χ4n) is 4.31. The minimum Gasteiger partial charge on any atom is -0.445 e. The van der Waals surface area contributed by atoms with Crippen LogP contribution in [0.5, 0.6) is 0 Å². The number of guanidine groups is 1. The average Bonchev–Trinajstić information content (AvgIpc) is 2.93. The van der Waals surface area contributed by atoms with Crippen LogP contribution in [-0.4, -0.2) is 42.5 Å². The molecule has 0 unspecified atom stereocenters. The van der Waals surface area contributed by atoms with Gasteiger partial charge in [0.15, 0.2) is 5.96 Å². The first-order valence-corrected chi connectivity index (χ1v) is 13.7. The Hall–Kier alpha value is -4.87. The number of fused-ring (bicyclic) bond motifs is 1. The second-order valence-corrected chi connectivity index (χ2v) is 10.4. The van der Waals surface area contributed by atoms with E-state index >= 15 is 0 Å². The van der Waals surface area contributed by atoms with E-state index in [1.54, 1.807) is 25.1 Å². The van der Waals surface area contributed by atoms with Gasteiger partial charge in [-0.15, -0.1) is 0 Å². The molecule has 0 aliphatic rings. The topological polar surface area (TPSA) is 189 Å². The molecule has 7 N–H and O–H groups in total. The molecule has 0 saturated heterocycles. The van der Waals surface area contributed by atoms with E-state index in [0.29, 0.717) is 30.7 Å². The van der Waals surface area contributed by atoms with E-state index < -0.39 is 35.6 Å². The Morgan fingerprint density at radius 3 is 2.43 bits per heavy atom. The number of nitrogens with one attached hydrogen (secondary N) is 5. The summed E-state index contributed by atoms with van der Waals surface area (Å²) in [4.78, 5) is 51.1. The monoisotopic (exact) mass is 578 g/mol. The standard InChI is InChI=1S/C30H38N6O6/c1-18(2)14-24(36-30(40)41-17-20-8-5-4-6-9-20)28(39)35-23(10-7-13-33-29(31)32)27(38)34-21-11-12-22-19(3)15-26(37)42-25(22)16-21/h4-6,8-9,11-12,15-16,18,23-24H,7,10,13-14,17H2,1-3H3,(H,34,38)(H,35,39)(H,36,40)(H4,31,32,33)/t23-,24-/m0/s1. The van der Waals surface area contributed by atoms with E-state index in [1.807, 2.05) is 44.2 Å². The number of anilines is 1. The molecule has 0 aliphatic heterocycles. The second-order valence-electron chi connectivity index (χ2n) is 10.4. The van der Waals surface area contributed by atoms with E-state index in [0.717, 1.165) is 16.5 Å². The van der Waals surface area contributed by atoms with Gasteiger partial charge in [0.2, 0.25) is 11.8 Å². The molecular weight excluding hydrogens is 540 g/mol. The molecule has 12 heteroatoms. The number of rotatable bonds is 13. The lowest BCUT2D eigenvalue weighted by Gasteiger charge is -2.24. The van der Waals surface area contributed by atoms with Gasteiger partial charge in [-0.05, 0) is 55.4 Å². The number of carbonyl (C=O) groups is 3. The molecule has 0 radical (unpaired) electrons. The zero-order valence-corrected chi connectivity index (χ0v) is 24.0. The van der Waals surface area contributed by atoms with Gasteiger partial charge in [-0.3, -0.25) is 15.0 Å². The molecule has 42 heavy (non-hydrogen) atoms. The molecule has 1 heterocycles. The first-order valence-electron chi connectivity index (χ1n) is 13.7. The van der Waals surface area contributed by atoms with Gasteiger partial charge in [-0.1, -0.05) is 44.2 Å². The highest BCUT2D eigenvalue weighted by molar-refractivity contribution is 5.99. The molecule has 3 amide bonds. The Bertz CT molecular complexity index is 1460. The lowest BCUT2D eigenvalue weighted by molar-refractivity contribution is -0.128. The molecular formula is C30H38N6O6. The van der Waals surface area contributed by atoms with Gasteiger partial charge < -0.3 is 36.2 Å². The van der Waals surface area contributed by atoms with Crippen LogP contribution in [-0.2, 0) is 20.9 Å². The van der Waals surface area contributed by atoms with Crippen LogP contribution in [0, 0.1) is 18.3 Å². The van der Waals surface area contributed by atoms with Crippen molar-refractivity contribution in [3.63, 3.8) is 0 Å². The Morgan fingerprint density at radius 1 is 1.00 bits per heavy atom. The summed E-state index contributed by atoms with van der Waals surface area (Å²) < 4.78 is 10.6. The molecule has 0 spiro atoms. The molecule has 0 fully saturated rings. The number of hydrogen-bond acceptors (Lipinski definition) is 7. The average molecular weight is 579 g/mol. The number of alkyl carbamates (subject to hydrolysis) is 1. The van der Waals surface area contributed by atoms with Crippen LogP contribution in [0.25, 0.3) is 11.0 Å². The summed E-state index contributed by atoms with van der Waals surface area (Å²) in [5.41, 5.74) is 7.09. The van der Waals surface area contributed by atoms with Crippen LogP contribution in [0.1, 0.15) is 44.2 Å². The Morgan fingerprint density at radius 2 is 1.74 bits per heavy atom. The largest absolute Gasteiger partial charge is 0.445 e. The highest BCUT2D eigenvalue weighted by Crippen LogP contribution is 2.21. The Labute approximate surface area is 243 Å². The minimum atomic E-state index is -0.983. The van der Waals surface area contributed by atoms with Crippen molar-refractivity contribution in [1.29, 1.82) is 5.41 Å². The van der Waals surface area contributed by atoms with Crippen LogP contribution in [0.15, 0.2) is 63.8 Å². The van der Waals surface area contributed by atoms with Crippen molar-refractivity contribution >= 4 is 40.5 Å². The normalized spacial score (nSPS) is 12.3. The summed E-state index contributed by atoms with van der Waals surface area (Å²) in [7, 11) is 0. The van der Waals surface area contributed by atoms with Crippen LogP contribution in [0.2, 0.25) is 0 Å². The molecule has 3 aromatic rings. The third kappa shape index (κ3) is 9.95. The molecule has 3 rings (SSSR count). The van der Waals surface area contributed by atoms with Crippen LogP contribution < -0.4 is 32.6 Å². The number of benzene rings is 2. The molecule has 12 nitrogen and oxygen atoms in total. The maximum atomic E-state index is 13.4. The van der Waals surface area contributed by atoms with Gasteiger partial charge in [0.25, 0.3) is 0 Å². The molecule has 0 bridgehead atoms. The van der Waals surface area contributed by atoms with E-state index in [2.05, 4.69) is 21.3 Å². The molecule has 2 aromatic carbocycles. The van der Waals surface area contributed by atoms with Gasteiger partial charge in [-0.25, -0.2) is 9.59 Å². The number of aryl methyl sites for hydroxylation is 1. The first kappa shape index (κ1) is 31.7. The van der Waals surface area contributed by atoms with E-state index in [-0.39, 0.29) is 24.9 Å². The SMILES string of the molecule is Cc1cc(=O)oc2cc(NC(=O)[C@H](CCCNC(=N)N)NC(=O)[C@H](CC(C)C)NC(=O)OCc3ccccc3)ccc12. The third-order valence-electron chi connectivity index (χ3n) is 6.37. The van der Waals surface area contributed by atoms with Crippen molar-refractivity contribution in [1.82, 2.24) is 16.0 Å². The van der Waals surface area contributed by atoms with Gasteiger partial charge >= 0.3 is 11.7 Å². The van der Waals surface area contributed by atoms with Crippen molar-refractivity contribution in [2.24, 2.45) is 11.7 Å². The van der Waals surface area contributed by atoms with Crippen molar-refractivity contribution < 1.29 is 23.5 Å². The maximum Gasteiger partial charge on any atom is 0.408 e. The molecule has 2 atom stereocenters. The van der Waals surface area contributed by atoms with Crippen LogP contribution in [0.4, 0.5) is 10.5 Å². The van der Waals surface area contributed by atoms with Crippen molar-refractivity contribution in [2.75, 3.05) is 11.9 Å². The quantitative estimate of drug-likeness (QED) is 0.0772. The zero-order valence-electron chi connectivity index (χ0n) is 24.0. The Balaban J connectivity index is 1.72. The number of carbonyl (C=O) groups excluding carboxylic acids is 3. The number of hydrogen-bond donors (Lipinski definition) is 6. The predicted octanol–water partition coefficient (Wildman–Crippen LogP) is 3.13. The summed E-state index contributed by atoms with van der Waals surface area (Å²) in [5, 5.41) is 18.9. The van der Waals surface area contributed by atoms with Crippen molar-refractivity contribution in [2.45, 2.75) is 58.7 Å². The highest BCUT2D eigenvalue weighted by Gasteiger charge is 2.28. The van der Waals surface area contributed by atoms with E-state index in [1.165, 1.54) is 6.07 Å². The summed E-state index contributed by atoms with van der Waals surface area (Å²) >= 11 is 0. The fourth-order valence-corrected chi connectivity index (χ4v) is 4.31. The molecule has 0 saturated carbocycles. The summed E-state index contributed by atoms with van der Waals surface area (Å²) in [6.45, 7) is 5.97. The predicted molar refractivity (Wildman–Crippen MR) is 160 cm³/mol. The maximum absolute atomic E-state index is 13.4. The van der Waals surface area contributed by atoms with E-state index in [4.69, 9.17) is 20.3 Å². The van der Waals surface area contributed by atoms with E-state index in [9.17, 15) is 19.2 Å². The van der Waals surface area contributed by atoms with Gasteiger partial charge in [0.1, 0.15) is 24.3 Å². The first-order chi connectivity index (χ1) is 20.0. The van der Waals surface area contributed by atoms with Gasteiger partial charge in [0.05, 0.1) is 0 Å². The van der Waals surface area contributed by atoms with Gasteiger partial charge in [0, 0.05) is 29.8 Å². The third-order valence-corrected chi connectivity index (χ3v) is 6.37. The number of nitrogens with two attached hydrogens (primary N) is 1. The highest BCUT2D eigenvalue weighted by atomic mass is 16.5.